The quantitative estimate of drug-likeness (QED) is 0.263. The molecule has 2 N–H and O–H groups in total. The van der Waals surface area contributed by atoms with Crippen LogP contribution in [0.3, 0.4) is 0 Å². The van der Waals surface area contributed by atoms with Gasteiger partial charge in [0.1, 0.15) is 0 Å². The predicted molar refractivity (Wildman–Crippen MR) is 161 cm³/mol. The molecule has 7 heteroatoms. The molecule has 1 saturated heterocycles. The maximum atomic E-state index is 13.0. The summed E-state index contributed by atoms with van der Waals surface area (Å²) in [5, 5.41) is 7.25. The van der Waals surface area contributed by atoms with Crippen molar-refractivity contribution in [3.8, 4) is 0 Å². The molecule has 6 nitrogen and oxygen atoms in total. The molecule has 0 saturated carbocycles. The van der Waals surface area contributed by atoms with Crippen LogP contribution in [0, 0.1) is 27.7 Å². The van der Waals surface area contributed by atoms with E-state index in [0.717, 1.165) is 29.1 Å². The number of anilines is 1. The molecule has 1 fully saturated rings. The van der Waals surface area contributed by atoms with Crippen molar-refractivity contribution in [3.05, 3.63) is 118 Å². The first kappa shape index (κ1) is 26.6. The van der Waals surface area contributed by atoms with Gasteiger partial charge in [0.2, 0.25) is 5.91 Å². The Morgan fingerprint density at radius 1 is 1.00 bits per heavy atom. The molecule has 0 unspecified atom stereocenters. The van der Waals surface area contributed by atoms with Crippen LogP contribution in [0.4, 0.5) is 5.69 Å². The minimum Gasteiger partial charge on any atom is -0.352 e. The zero-order chi connectivity index (χ0) is 27.5. The number of pyridine rings is 1. The van der Waals surface area contributed by atoms with E-state index in [1.165, 1.54) is 22.5 Å². The zero-order valence-electron chi connectivity index (χ0n) is 22.9. The lowest BCUT2D eigenvalue weighted by molar-refractivity contribution is -0.116. The lowest BCUT2D eigenvalue weighted by Crippen LogP contribution is -2.33. The van der Waals surface area contributed by atoms with Gasteiger partial charge in [-0.15, -0.1) is 0 Å². The Hall–Kier alpha value is -3.97. The Morgan fingerprint density at radius 3 is 2.51 bits per heavy atom. The van der Waals surface area contributed by atoms with Crippen molar-refractivity contribution in [1.82, 2.24) is 19.8 Å². The molecule has 39 heavy (non-hydrogen) atoms. The first-order valence-corrected chi connectivity index (χ1v) is 13.8. The van der Waals surface area contributed by atoms with Gasteiger partial charge in [0, 0.05) is 42.8 Å². The fourth-order valence-electron chi connectivity index (χ4n) is 5.43. The molecule has 1 aliphatic heterocycles. The van der Waals surface area contributed by atoms with Crippen molar-refractivity contribution < 1.29 is 4.79 Å². The molecule has 2 aromatic heterocycles. The molecule has 0 spiro atoms. The van der Waals surface area contributed by atoms with E-state index in [-0.39, 0.29) is 18.0 Å². The first-order chi connectivity index (χ1) is 18.8. The summed E-state index contributed by atoms with van der Waals surface area (Å²) in [6.45, 7) is 9.66. The van der Waals surface area contributed by atoms with Crippen LogP contribution >= 0.6 is 12.2 Å². The average molecular weight is 538 g/mol. The summed E-state index contributed by atoms with van der Waals surface area (Å²) in [5.74, 6) is -0.0268. The molecule has 5 rings (SSSR count). The molecular formula is C32H35N5OS. The van der Waals surface area contributed by atoms with Crippen LogP contribution in [0.2, 0.25) is 0 Å². The molecule has 1 amide bonds. The van der Waals surface area contributed by atoms with Gasteiger partial charge in [-0.3, -0.25) is 9.78 Å². The van der Waals surface area contributed by atoms with Gasteiger partial charge < -0.3 is 20.1 Å². The maximum absolute atomic E-state index is 13.0. The van der Waals surface area contributed by atoms with E-state index in [0.29, 0.717) is 18.1 Å². The number of carbonyl (C=O) groups is 1. The summed E-state index contributed by atoms with van der Waals surface area (Å²) < 4.78 is 2.35. The topological polar surface area (TPSA) is 62.2 Å². The fraction of sp³-hybridized carbons (Fsp3) is 0.281. The largest absolute Gasteiger partial charge is 0.352 e. The van der Waals surface area contributed by atoms with E-state index >= 15 is 0 Å². The number of nitrogens with one attached hydrogen (secondary N) is 2. The van der Waals surface area contributed by atoms with E-state index < -0.39 is 0 Å². The normalized spacial score (nSPS) is 16.8. The molecule has 3 heterocycles. The molecule has 0 radical (unpaired) electrons. The Bertz CT molecular complexity index is 1480. The summed E-state index contributed by atoms with van der Waals surface area (Å²) in [4.78, 5) is 19.9. The van der Waals surface area contributed by atoms with Crippen molar-refractivity contribution in [1.29, 1.82) is 0 Å². The number of benzene rings is 2. The zero-order valence-corrected chi connectivity index (χ0v) is 23.8. The third-order valence-electron chi connectivity index (χ3n) is 7.56. The highest BCUT2D eigenvalue weighted by molar-refractivity contribution is 7.80. The second-order valence-electron chi connectivity index (χ2n) is 10.3. The standard InChI is InChI=1S/C32H35N5OS/c1-21-13-14-22(2)28(18-21)34-29(38)15-17-36-31(30(35-32(36)39)27-12-8-9-16-33-27)26-19-23(3)37(24(26)4)20-25-10-6-5-7-11-25/h5-14,16,18-19,30-31H,15,17,20H2,1-4H3,(H,34,38)(H,35,39)/t30-,31-/m1/s1. The highest BCUT2D eigenvalue weighted by atomic mass is 32.1. The first-order valence-electron chi connectivity index (χ1n) is 13.4. The van der Waals surface area contributed by atoms with Crippen LogP contribution in [-0.2, 0) is 11.3 Å². The summed E-state index contributed by atoms with van der Waals surface area (Å²) in [5.41, 5.74) is 8.79. The summed E-state index contributed by atoms with van der Waals surface area (Å²) in [6, 6.07) is 24.6. The van der Waals surface area contributed by atoms with Crippen LogP contribution in [0.5, 0.6) is 0 Å². The number of nitrogens with zero attached hydrogens (tertiary/aromatic N) is 3. The minimum absolute atomic E-state index is 0.0268. The Labute approximate surface area is 236 Å². The van der Waals surface area contributed by atoms with E-state index in [1.807, 2.05) is 56.4 Å². The van der Waals surface area contributed by atoms with Crippen LogP contribution in [0.25, 0.3) is 0 Å². The number of rotatable bonds is 8. The van der Waals surface area contributed by atoms with Gasteiger partial charge in [-0.1, -0.05) is 48.5 Å². The summed E-state index contributed by atoms with van der Waals surface area (Å²) in [6.07, 6.45) is 2.14. The van der Waals surface area contributed by atoms with Gasteiger partial charge in [0.15, 0.2) is 5.11 Å². The number of aromatic nitrogens is 2. The Morgan fingerprint density at radius 2 is 1.77 bits per heavy atom. The van der Waals surface area contributed by atoms with E-state index in [2.05, 4.69) is 75.3 Å². The van der Waals surface area contributed by atoms with E-state index in [1.54, 1.807) is 0 Å². The third kappa shape index (κ3) is 5.73. The van der Waals surface area contributed by atoms with Gasteiger partial charge in [-0.2, -0.15) is 0 Å². The van der Waals surface area contributed by atoms with Crippen LogP contribution in [0.1, 0.15) is 57.8 Å². The molecular weight excluding hydrogens is 502 g/mol. The maximum Gasteiger partial charge on any atom is 0.226 e. The van der Waals surface area contributed by atoms with Crippen LogP contribution in [-0.4, -0.2) is 32.0 Å². The van der Waals surface area contributed by atoms with Crippen molar-refractivity contribution in [2.45, 2.75) is 52.7 Å². The Balaban J connectivity index is 1.43. The molecule has 200 valence electrons. The second kappa shape index (κ2) is 11.4. The number of aryl methyl sites for hydroxylation is 3. The second-order valence-corrected chi connectivity index (χ2v) is 10.7. The number of hydrogen-bond donors (Lipinski definition) is 2. The molecule has 0 bridgehead atoms. The summed E-state index contributed by atoms with van der Waals surface area (Å²) in [7, 11) is 0. The molecule has 2 aromatic carbocycles. The molecule has 0 aliphatic carbocycles. The minimum atomic E-state index is -0.119. The van der Waals surface area contributed by atoms with Crippen molar-refractivity contribution in [3.63, 3.8) is 0 Å². The van der Waals surface area contributed by atoms with Gasteiger partial charge in [-0.05, 0) is 86.4 Å². The van der Waals surface area contributed by atoms with Gasteiger partial charge in [0.25, 0.3) is 0 Å². The lowest BCUT2D eigenvalue weighted by Gasteiger charge is -2.28. The van der Waals surface area contributed by atoms with Gasteiger partial charge >= 0.3 is 0 Å². The third-order valence-corrected chi connectivity index (χ3v) is 7.91. The number of hydrogen-bond acceptors (Lipinski definition) is 3. The van der Waals surface area contributed by atoms with Crippen molar-refractivity contribution in [2.24, 2.45) is 0 Å². The number of amides is 1. The highest BCUT2D eigenvalue weighted by Gasteiger charge is 2.41. The molecule has 1 aliphatic rings. The lowest BCUT2D eigenvalue weighted by atomic mass is 9.96. The predicted octanol–water partition coefficient (Wildman–Crippen LogP) is 6.17. The van der Waals surface area contributed by atoms with Gasteiger partial charge in [-0.25, -0.2) is 0 Å². The van der Waals surface area contributed by atoms with Gasteiger partial charge in [0.05, 0.1) is 17.8 Å². The summed E-state index contributed by atoms with van der Waals surface area (Å²) >= 11 is 5.85. The monoisotopic (exact) mass is 537 g/mol. The molecule has 4 aromatic rings. The number of thiocarbonyl (C=S) groups is 1. The smallest absolute Gasteiger partial charge is 0.226 e. The number of carbonyl (C=O) groups excluding carboxylic acids is 1. The van der Waals surface area contributed by atoms with E-state index in [4.69, 9.17) is 12.2 Å². The Kier molecular flexibility index (Phi) is 7.79. The van der Waals surface area contributed by atoms with Crippen molar-refractivity contribution >= 4 is 28.9 Å². The highest BCUT2D eigenvalue weighted by Crippen LogP contribution is 2.41. The van der Waals surface area contributed by atoms with Crippen LogP contribution < -0.4 is 10.6 Å². The fourth-order valence-corrected chi connectivity index (χ4v) is 5.76. The average Bonchev–Trinajstić information content (AvgIpc) is 3.41. The SMILES string of the molecule is Cc1ccc(C)c(NC(=O)CCN2C(=S)N[C@H](c3ccccn3)[C@H]2c2cc(C)n(Cc3ccccc3)c2C)c1. The van der Waals surface area contributed by atoms with E-state index in [9.17, 15) is 4.79 Å². The van der Waals surface area contributed by atoms with Crippen LogP contribution in [0.15, 0.2) is 79.0 Å². The molecule has 2 atom stereocenters. The van der Waals surface area contributed by atoms with Crippen molar-refractivity contribution in [2.75, 3.05) is 11.9 Å².